The maximum Gasteiger partial charge on any atom is 0.407 e. The molecule has 0 saturated carbocycles. The van der Waals surface area contributed by atoms with Crippen LogP contribution in [0.5, 0.6) is 0 Å². The van der Waals surface area contributed by atoms with Crippen molar-refractivity contribution in [3.8, 4) is 0 Å². The molecule has 5 nitrogen and oxygen atoms in total. The van der Waals surface area contributed by atoms with Crippen LogP contribution in [0.3, 0.4) is 0 Å². The van der Waals surface area contributed by atoms with E-state index in [1.54, 1.807) is 20.8 Å². The second-order valence-corrected chi connectivity index (χ2v) is 8.91. The van der Waals surface area contributed by atoms with Gasteiger partial charge in [-0.05, 0) is 44.5 Å². The molecular formula is C21H23F2N3O2S. The van der Waals surface area contributed by atoms with Gasteiger partial charge < -0.3 is 10.1 Å². The number of halogens is 2. The number of hydrazone groups is 1. The Kier molecular flexibility index (Phi) is 6.12. The number of hydrogen-bond acceptors (Lipinski definition) is 5. The van der Waals surface area contributed by atoms with Crippen LogP contribution in [0.4, 0.5) is 13.6 Å². The fourth-order valence-corrected chi connectivity index (χ4v) is 4.10. The molecule has 0 aromatic heterocycles. The molecule has 0 fully saturated rings. The Morgan fingerprint density at radius 1 is 1.21 bits per heavy atom. The van der Waals surface area contributed by atoms with Gasteiger partial charge >= 0.3 is 6.09 Å². The van der Waals surface area contributed by atoms with Crippen molar-refractivity contribution in [2.45, 2.75) is 37.7 Å². The smallest absolute Gasteiger partial charge is 0.407 e. The minimum Gasteiger partial charge on any atom is -0.444 e. The number of carbonyl (C=O) groups excluding carboxylic acids is 1. The van der Waals surface area contributed by atoms with E-state index in [1.807, 2.05) is 30.3 Å². The Hall–Kier alpha value is -2.61. The zero-order valence-corrected chi connectivity index (χ0v) is 17.3. The predicted octanol–water partition coefficient (Wildman–Crippen LogP) is 4.73. The summed E-state index contributed by atoms with van der Waals surface area (Å²) in [6, 6.07) is 12.8. The third-order valence-electron chi connectivity index (χ3n) is 4.15. The Bertz CT molecular complexity index is 916. The number of carbonyl (C=O) groups is 1. The number of amides is 1. The number of ether oxygens (including phenoxy) is 1. The zero-order valence-electron chi connectivity index (χ0n) is 16.5. The highest BCUT2D eigenvalue weighted by Crippen LogP contribution is 2.43. The van der Waals surface area contributed by atoms with Gasteiger partial charge in [0.1, 0.15) is 27.2 Å². The first-order valence-electron chi connectivity index (χ1n) is 9.20. The van der Waals surface area contributed by atoms with Crippen LogP contribution < -0.4 is 10.7 Å². The van der Waals surface area contributed by atoms with Crippen LogP contribution in [0.15, 0.2) is 53.6 Å². The SMILES string of the molecule is CC(C)(C)OC(=O)NCCC1(c2ccccc2)NN=C(c2cc(F)ccc2F)S1. The molecule has 1 aliphatic heterocycles. The summed E-state index contributed by atoms with van der Waals surface area (Å²) in [6.45, 7) is 5.68. The summed E-state index contributed by atoms with van der Waals surface area (Å²) in [5.74, 6) is -1.08. The summed E-state index contributed by atoms with van der Waals surface area (Å²) in [4.78, 5) is 11.2. The second-order valence-electron chi connectivity index (χ2n) is 7.63. The number of rotatable bonds is 5. The van der Waals surface area contributed by atoms with E-state index in [4.69, 9.17) is 4.74 Å². The lowest BCUT2D eigenvalue weighted by molar-refractivity contribution is 0.0525. The van der Waals surface area contributed by atoms with Crippen LogP contribution in [0.2, 0.25) is 0 Å². The third kappa shape index (κ3) is 5.26. The van der Waals surface area contributed by atoms with Gasteiger partial charge in [-0.3, -0.25) is 5.43 Å². The van der Waals surface area contributed by atoms with Crippen LogP contribution in [-0.2, 0) is 9.61 Å². The quantitative estimate of drug-likeness (QED) is 0.736. The van der Waals surface area contributed by atoms with Crippen LogP contribution in [-0.4, -0.2) is 23.3 Å². The maximum atomic E-state index is 14.2. The first-order chi connectivity index (χ1) is 13.7. The number of nitrogens with one attached hydrogen (secondary N) is 2. The first-order valence-corrected chi connectivity index (χ1v) is 10.0. The predicted molar refractivity (Wildman–Crippen MR) is 111 cm³/mol. The molecule has 29 heavy (non-hydrogen) atoms. The maximum absolute atomic E-state index is 14.2. The molecule has 8 heteroatoms. The van der Waals surface area contributed by atoms with Crippen molar-refractivity contribution in [3.63, 3.8) is 0 Å². The Morgan fingerprint density at radius 3 is 2.62 bits per heavy atom. The van der Waals surface area contributed by atoms with Gasteiger partial charge in [0.05, 0.1) is 0 Å². The number of thioether (sulfide) groups is 1. The monoisotopic (exact) mass is 419 g/mol. The molecule has 2 aromatic carbocycles. The van der Waals surface area contributed by atoms with E-state index in [0.717, 1.165) is 23.8 Å². The lowest BCUT2D eigenvalue weighted by Crippen LogP contribution is -2.39. The first kappa shape index (κ1) is 21.1. The summed E-state index contributed by atoms with van der Waals surface area (Å²) in [5.41, 5.74) is 3.49. The topological polar surface area (TPSA) is 62.7 Å². The summed E-state index contributed by atoms with van der Waals surface area (Å²) in [7, 11) is 0. The molecule has 0 spiro atoms. The third-order valence-corrected chi connectivity index (χ3v) is 5.54. The Morgan fingerprint density at radius 2 is 1.93 bits per heavy atom. The van der Waals surface area contributed by atoms with Crippen LogP contribution in [0, 0.1) is 11.6 Å². The van der Waals surface area contributed by atoms with Crippen molar-refractivity contribution in [2.24, 2.45) is 5.10 Å². The molecule has 3 rings (SSSR count). The summed E-state index contributed by atoms with van der Waals surface area (Å²) in [5, 5.41) is 7.36. The van der Waals surface area contributed by atoms with Gasteiger partial charge in [0.25, 0.3) is 0 Å². The fourth-order valence-electron chi connectivity index (χ4n) is 2.87. The molecule has 1 atom stereocenters. The lowest BCUT2D eigenvalue weighted by Gasteiger charge is -2.29. The van der Waals surface area contributed by atoms with Gasteiger partial charge in [-0.15, -0.1) is 0 Å². The average molecular weight is 419 g/mol. The van der Waals surface area contributed by atoms with Crippen molar-refractivity contribution in [1.29, 1.82) is 0 Å². The number of alkyl carbamates (subject to hydrolysis) is 1. The van der Waals surface area contributed by atoms with E-state index in [0.29, 0.717) is 18.0 Å². The molecule has 2 aromatic rings. The van der Waals surface area contributed by atoms with Gasteiger partial charge in [-0.1, -0.05) is 42.1 Å². The molecule has 1 aliphatic rings. The molecule has 1 unspecified atom stereocenters. The van der Waals surface area contributed by atoms with E-state index in [9.17, 15) is 13.6 Å². The molecule has 0 radical (unpaired) electrons. The molecular weight excluding hydrogens is 396 g/mol. The largest absolute Gasteiger partial charge is 0.444 e. The van der Waals surface area contributed by atoms with E-state index in [1.165, 1.54) is 11.8 Å². The summed E-state index contributed by atoms with van der Waals surface area (Å²) >= 11 is 1.29. The fraction of sp³-hybridized carbons (Fsp3) is 0.333. The van der Waals surface area contributed by atoms with Crippen molar-refractivity contribution >= 4 is 22.9 Å². The van der Waals surface area contributed by atoms with E-state index < -0.39 is 28.2 Å². The lowest BCUT2D eigenvalue weighted by atomic mass is 10.0. The molecule has 1 amide bonds. The number of hydrogen-bond donors (Lipinski definition) is 2. The van der Waals surface area contributed by atoms with Crippen molar-refractivity contribution in [3.05, 3.63) is 71.3 Å². The minimum atomic E-state index is -0.732. The van der Waals surface area contributed by atoms with E-state index in [2.05, 4.69) is 15.8 Å². The highest BCUT2D eigenvalue weighted by atomic mass is 32.2. The van der Waals surface area contributed by atoms with E-state index >= 15 is 0 Å². The molecule has 2 N–H and O–H groups in total. The van der Waals surface area contributed by atoms with Gasteiger partial charge in [0, 0.05) is 18.5 Å². The summed E-state index contributed by atoms with van der Waals surface area (Å²) in [6.07, 6.45) is -0.0637. The van der Waals surface area contributed by atoms with Gasteiger partial charge in [-0.25, -0.2) is 13.6 Å². The summed E-state index contributed by atoms with van der Waals surface area (Å²) < 4.78 is 33.1. The molecule has 0 bridgehead atoms. The van der Waals surface area contributed by atoms with Crippen LogP contribution in [0.1, 0.15) is 38.3 Å². The van der Waals surface area contributed by atoms with Crippen LogP contribution >= 0.6 is 11.8 Å². The van der Waals surface area contributed by atoms with Crippen LogP contribution in [0.25, 0.3) is 0 Å². The average Bonchev–Trinajstić information content (AvgIpc) is 3.08. The van der Waals surface area contributed by atoms with Gasteiger partial charge in [0.15, 0.2) is 0 Å². The molecule has 154 valence electrons. The van der Waals surface area contributed by atoms with Crippen molar-refractivity contribution in [1.82, 2.24) is 10.7 Å². The van der Waals surface area contributed by atoms with Crippen molar-refractivity contribution < 1.29 is 18.3 Å². The Balaban J connectivity index is 1.77. The van der Waals surface area contributed by atoms with Gasteiger partial charge in [0.2, 0.25) is 0 Å². The minimum absolute atomic E-state index is 0.0976. The molecule has 0 saturated heterocycles. The van der Waals surface area contributed by atoms with E-state index in [-0.39, 0.29) is 5.56 Å². The van der Waals surface area contributed by atoms with Crippen molar-refractivity contribution in [2.75, 3.05) is 6.54 Å². The highest BCUT2D eigenvalue weighted by Gasteiger charge is 2.39. The highest BCUT2D eigenvalue weighted by molar-refractivity contribution is 8.15. The Labute approximate surface area is 172 Å². The molecule has 1 heterocycles. The number of benzene rings is 2. The van der Waals surface area contributed by atoms with Gasteiger partial charge in [-0.2, -0.15) is 5.10 Å². The second kappa shape index (κ2) is 8.41. The standard InChI is InChI=1S/C21H23F2N3O2S/c1-20(2,3)28-19(27)24-12-11-21(14-7-5-4-6-8-14)26-25-18(29-21)16-13-15(22)9-10-17(16)23/h4-10,13,26H,11-12H2,1-3H3,(H,24,27). The normalized spacial score (nSPS) is 18.7. The molecule has 0 aliphatic carbocycles. The number of nitrogens with zero attached hydrogens (tertiary/aromatic N) is 1. The zero-order chi connectivity index (χ0) is 21.1.